The number of fused-ring (bicyclic) bond motifs is 3. The molecule has 0 aliphatic rings. The van der Waals surface area contributed by atoms with E-state index in [9.17, 15) is 4.79 Å². The summed E-state index contributed by atoms with van der Waals surface area (Å²) in [7, 11) is 0. The lowest BCUT2D eigenvalue weighted by molar-refractivity contribution is -0.118. The summed E-state index contributed by atoms with van der Waals surface area (Å²) < 4.78 is 8.79. The molecule has 4 nitrogen and oxygen atoms in total. The molecule has 1 heterocycles. The van der Waals surface area contributed by atoms with Gasteiger partial charge in [-0.25, -0.2) is 0 Å². The summed E-state index contributed by atoms with van der Waals surface area (Å²) in [6, 6.07) is 21.8. The van der Waals surface area contributed by atoms with Crippen LogP contribution >= 0.6 is 15.9 Å². The second-order valence-electron chi connectivity index (χ2n) is 6.28. The van der Waals surface area contributed by atoms with Crippen molar-refractivity contribution in [3.63, 3.8) is 0 Å². The van der Waals surface area contributed by atoms with Gasteiger partial charge in [0.1, 0.15) is 5.75 Å². The highest BCUT2D eigenvalue weighted by atomic mass is 79.9. The molecule has 3 aromatic carbocycles. The summed E-state index contributed by atoms with van der Waals surface area (Å²) in [5.41, 5.74) is 3.14. The predicted octanol–water partition coefficient (Wildman–Crippen LogP) is 5.59. The molecule has 0 radical (unpaired) electrons. The lowest BCUT2D eigenvalue weighted by atomic mass is 10.1. The molecule has 1 N–H and O–H groups in total. The van der Waals surface area contributed by atoms with Crippen molar-refractivity contribution in [3.05, 3.63) is 71.2 Å². The van der Waals surface area contributed by atoms with Crippen LogP contribution in [0.5, 0.6) is 5.75 Å². The van der Waals surface area contributed by atoms with Crippen molar-refractivity contribution in [2.45, 2.75) is 13.5 Å². The van der Waals surface area contributed by atoms with Gasteiger partial charge in [-0.3, -0.25) is 4.79 Å². The molecule has 4 rings (SSSR count). The maximum Gasteiger partial charge on any atom is 0.262 e. The molecule has 136 valence electrons. The van der Waals surface area contributed by atoms with Crippen LogP contribution in [-0.4, -0.2) is 17.1 Å². The summed E-state index contributed by atoms with van der Waals surface area (Å²) >= 11 is 3.38. The van der Waals surface area contributed by atoms with Crippen LogP contribution in [0.1, 0.15) is 6.92 Å². The standard InChI is InChI=1S/C22H19BrN2O2/c1-2-25-20-6-4-3-5-18(20)19-13-16(9-12-21(19)25)24-22(26)14-27-17-10-7-15(23)8-11-17/h3-13H,2,14H2,1H3,(H,24,26). The van der Waals surface area contributed by atoms with Crippen molar-refractivity contribution >= 4 is 49.3 Å². The number of nitrogens with zero attached hydrogens (tertiary/aromatic N) is 1. The van der Waals surface area contributed by atoms with Gasteiger partial charge < -0.3 is 14.6 Å². The number of carbonyl (C=O) groups excluding carboxylic acids is 1. The lowest BCUT2D eigenvalue weighted by Crippen LogP contribution is -2.20. The largest absolute Gasteiger partial charge is 0.484 e. The Bertz CT molecular complexity index is 1120. The summed E-state index contributed by atoms with van der Waals surface area (Å²) in [6.45, 7) is 3.01. The number of halogens is 1. The third-order valence-corrected chi connectivity index (χ3v) is 5.08. The third kappa shape index (κ3) is 3.55. The first-order valence-corrected chi connectivity index (χ1v) is 9.64. The van der Waals surface area contributed by atoms with Gasteiger partial charge in [-0.1, -0.05) is 34.1 Å². The van der Waals surface area contributed by atoms with Gasteiger partial charge in [0.2, 0.25) is 0 Å². The number of benzene rings is 3. The van der Waals surface area contributed by atoms with E-state index in [4.69, 9.17) is 4.74 Å². The SMILES string of the molecule is CCn1c2ccccc2c2cc(NC(=O)COc3ccc(Br)cc3)ccc21. The molecule has 1 amide bonds. The van der Waals surface area contributed by atoms with Gasteiger partial charge in [0.15, 0.2) is 6.61 Å². The highest BCUT2D eigenvalue weighted by Gasteiger charge is 2.11. The Labute approximate surface area is 165 Å². The molecular weight excluding hydrogens is 404 g/mol. The average Bonchev–Trinajstić information content (AvgIpc) is 3.01. The van der Waals surface area contributed by atoms with E-state index in [1.165, 1.54) is 16.4 Å². The first-order valence-electron chi connectivity index (χ1n) is 8.85. The Morgan fingerprint density at radius 3 is 2.52 bits per heavy atom. The van der Waals surface area contributed by atoms with Crippen molar-refractivity contribution in [2.75, 3.05) is 11.9 Å². The number of aromatic nitrogens is 1. The number of nitrogens with one attached hydrogen (secondary N) is 1. The van der Waals surface area contributed by atoms with Gasteiger partial charge in [-0.15, -0.1) is 0 Å². The second kappa shape index (κ2) is 7.45. The molecule has 0 bridgehead atoms. The molecule has 0 atom stereocenters. The zero-order chi connectivity index (χ0) is 18.8. The number of para-hydroxylation sites is 1. The van der Waals surface area contributed by atoms with Crippen LogP contribution < -0.4 is 10.1 Å². The van der Waals surface area contributed by atoms with Gasteiger partial charge in [-0.05, 0) is 55.5 Å². The average molecular weight is 423 g/mol. The minimum absolute atomic E-state index is 0.0314. The molecule has 0 aliphatic carbocycles. The van der Waals surface area contributed by atoms with E-state index >= 15 is 0 Å². The predicted molar refractivity (Wildman–Crippen MR) is 113 cm³/mol. The van der Waals surface area contributed by atoms with Gasteiger partial charge >= 0.3 is 0 Å². The molecule has 0 aliphatic heterocycles. The van der Waals surface area contributed by atoms with E-state index in [1.54, 1.807) is 0 Å². The summed E-state index contributed by atoms with van der Waals surface area (Å²) in [5.74, 6) is 0.478. The van der Waals surface area contributed by atoms with E-state index < -0.39 is 0 Å². The monoisotopic (exact) mass is 422 g/mol. The van der Waals surface area contributed by atoms with Crippen LogP contribution in [0.2, 0.25) is 0 Å². The number of aryl methyl sites for hydroxylation is 1. The second-order valence-corrected chi connectivity index (χ2v) is 7.20. The Balaban J connectivity index is 1.54. The summed E-state index contributed by atoms with van der Waals surface area (Å²) in [5, 5.41) is 5.25. The van der Waals surface area contributed by atoms with Crippen LogP contribution in [0.3, 0.4) is 0 Å². The van der Waals surface area contributed by atoms with Crippen LogP contribution in [0.25, 0.3) is 21.8 Å². The maximum atomic E-state index is 12.3. The third-order valence-electron chi connectivity index (χ3n) is 4.56. The Hall–Kier alpha value is -2.79. The highest BCUT2D eigenvalue weighted by Crippen LogP contribution is 2.31. The summed E-state index contributed by atoms with van der Waals surface area (Å²) in [4.78, 5) is 12.3. The number of amides is 1. The van der Waals surface area contributed by atoms with Crippen molar-refractivity contribution < 1.29 is 9.53 Å². The smallest absolute Gasteiger partial charge is 0.262 e. The topological polar surface area (TPSA) is 43.3 Å². The molecule has 27 heavy (non-hydrogen) atoms. The van der Waals surface area contributed by atoms with Crippen molar-refractivity contribution in [1.29, 1.82) is 0 Å². The maximum absolute atomic E-state index is 12.3. The lowest BCUT2D eigenvalue weighted by Gasteiger charge is -2.08. The van der Waals surface area contributed by atoms with E-state index in [0.717, 1.165) is 22.1 Å². The minimum atomic E-state index is -0.184. The number of hydrogen-bond acceptors (Lipinski definition) is 2. The van der Waals surface area contributed by atoms with Crippen molar-refractivity contribution in [2.24, 2.45) is 0 Å². The Morgan fingerprint density at radius 2 is 1.74 bits per heavy atom. The van der Waals surface area contributed by atoms with E-state index in [2.05, 4.69) is 57.0 Å². The Morgan fingerprint density at radius 1 is 1.00 bits per heavy atom. The molecule has 4 aromatic rings. The number of ether oxygens (including phenoxy) is 1. The quantitative estimate of drug-likeness (QED) is 0.455. The van der Waals surface area contributed by atoms with Gasteiger partial charge in [0.05, 0.1) is 0 Å². The van der Waals surface area contributed by atoms with E-state index in [0.29, 0.717) is 5.75 Å². The van der Waals surface area contributed by atoms with E-state index in [1.807, 2.05) is 42.5 Å². The number of hydrogen-bond donors (Lipinski definition) is 1. The molecule has 0 unspecified atom stereocenters. The molecule has 5 heteroatoms. The molecule has 0 saturated heterocycles. The first-order chi connectivity index (χ1) is 13.2. The van der Waals surface area contributed by atoms with Gasteiger partial charge in [0.25, 0.3) is 5.91 Å². The number of carbonyl (C=O) groups is 1. The minimum Gasteiger partial charge on any atom is -0.484 e. The van der Waals surface area contributed by atoms with Crippen molar-refractivity contribution in [3.8, 4) is 5.75 Å². The Kier molecular flexibility index (Phi) is 4.86. The zero-order valence-electron chi connectivity index (χ0n) is 14.9. The normalized spacial score (nSPS) is 11.0. The fourth-order valence-electron chi connectivity index (χ4n) is 3.35. The number of anilines is 1. The zero-order valence-corrected chi connectivity index (χ0v) is 16.5. The van der Waals surface area contributed by atoms with Crippen molar-refractivity contribution in [1.82, 2.24) is 4.57 Å². The van der Waals surface area contributed by atoms with Crippen LogP contribution in [0.4, 0.5) is 5.69 Å². The molecule has 0 saturated carbocycles. The number of rotatable bonds is 5. The fraction of sp³-hybridized carbons (Fsp3) is 0.136. The van der Waals surface area contributed by atoms with Crippen LogP contribution in [-0.2, 0) is 11.3 Å². The van der Waals surface area contributed by atoms with Gasteiger partial charge in [-0.2, -0.15) is 0 Å². The fourth-order valence-corrected chi connectivity index (χ4v) is 3.61. The first kappa shape index (κ1) is 17.6. The molecular formula is C22H19BrN2O2. The van der Waals surface area contributed by atoms with E-state index in [-0.39, 0.29) is 12.5 Å². The van der Waals surface area contributed by atoms with Crippen LogP contribution in [0, 0.1) is 0 Å². The van der Waals surface area contributed by atoms with Crippen LogP contribution in [0.15, 0.2) is 71.2 Å². The molecule has 1 aromatic heterocycles. The summed E-state index contributed by atoms with van der Waals surface area (Å²) in [6.07, 6.45) is 0. The highest BCUT2D eigenvalue weighted by molar-refractivity contribution is 9.10. The molecule has 0 fully saturated rings. The molecule has 0 spiro atoms. The van der Waals surface area contributed by atoms with Gasteiger partial charge in [0, 0.05) is 38.5 Å².